The first-order valence-electron chi connectivity index (χ1n) is 5.26. The first-order chi connectivity index (χ1) is 8.02. The molecule has 5 heteroatoms. The van der Waals surface area contributed by atoms with Crippen molar-refractivity contribution in [1.29, 1.82) is 5.26 Å². The van der Waals surface area contributed by atoms with Crippen LogP contribution in [0.25, 0.3) is 0 Å². The molecule has 1 aromatic rings. The second-order valence-corrected chi connectivity index (χ2v) is 4.98. The molecule has 0 radical (unpaired) electrons. The van der Waals surface area contributed by atoms with Gasteiger partial charge in [-0.3, -0.25) is 5.32 Å². The van der Waals surface area contributed by atoms with Crippen LogP contribution in [0.3, 0.4) is 0 Å². The second kappa shape index (κ2) is 6.58. The summed E-state index contributed by atoms with van der Waals surface area (Å²) >= 11 is 1.33. The van der Waals surface area contributed by atoms with Crippen molar-refractivity contribution in [2.75, 3.05) is 5.75 Å². The van der Waals surface area contributed by atoms with Gasteiger partial charge in [0.05, 0.1) is 6.07 Å². The van der Waals surface area contributed by atoms with Crippen molar-refractivity contribution in [2.45, 2.75) is 30.8 Å². The van der Waals surface area contributed by atoms with Gasteiger partial charge in [-0.25, -0.2) is 8.78 Å². The fraction of sp³-hybridized carbons (Fsp3) is 0.417. The number of benzene rings is 1. The number of thioether (sulfide) groups is 1. The zero-order valence-corrected chi connectivity index (χ0v) is 10.5. The molecule has 0 amide bonds. The second-order valence-electron chi connectivity index (χ2n) is 3.89. The fourth-order valence-corrected chi connectivity index (χ4v) is 2.15. The van der Waals surface area contributed by atoms with Gasteiger partial charge >= 0.3 is 0 Å². The standard InChI is InChI=1S/C12H14F2N2S/c1-8(2)16-9(6-15)7-17-10-3-4-11(13)12(14)5-10/h3-5,8-9,16H,7H2,1-2H3. The smallest absolute Gasteiger partial charge is 0.159 e. The van der Waals surface area contributed by atoms with Crippen LogP contribution < -0.4 is 5.32 Å². The van der Waals surface area contributed by atoms with Gasteiger partial charge < -0.3 is 0 Å². The number of rotatable bonds is 5. The third-order valence-electron chi connectivity index (χ3n) is 2.00. The van der Waals surface area contributed by atoms with Crippen LogP contribution in [0.15, 0.2) is 23.1 Å². The van der Waals surface area contributed by atoms with Gasteiger partial charge in [0.1, 0.15) is 6.04 Å². The van der Waals surface area contributed by atoms with Gasteiger partial charge in [-0.1, -0.05) is 0 Å². The van der Waals surface area contributed by atoms with E-state index in [1.165, 1.54) is 17.8 Å². The summed E-state index contributed by atoms with van der Waals surface area (Å²) in [6.07, 6.45) is 0. The molecule has 2 nitrogen and oxygen atoms in total. The number of nitrogens with zero attached hydrogens (tertiary/aromatic N) is 1. The Hall–Kier alpha value is -1.12. The molecule has 1 aromatic carbocycles. The maximum absolute atomic E-state index is 12.9. The van der Waals surface area contributed by atoms with Gasteiger partial charge in [-0.2, -0.15) is 5.26 Å². The maximum atomic E-state index is 12.9. The van der Waals surface area contributed by atoms with Crippen LogP contribution >= 0.6 is 11.8 Å². The molecule has 1 atom stereocenters. The summed E-state index contributed by atoms with van der Waals surface area (Å²) < 4.78 is 25.6. The molecule has 1 rings (SSSR count). The lowest BCUT2D eigenvalue weighted by Crippen LogP contribution is -2.35. The molecule has 0 saturated heterocycles. The molecule has 0 bridgehead atoms. The van der Waals surface area contributed by atoms with Crippen LogP contribution in [0.1, 0.15) is 13.8 Å². The van der Waals surface area contributed by atoms with Crippen molar-refractivity contribution in [3.63, 3.8) is 0 Å². The Morgan fingerprint density at radius 2 is 2.06 bits per heavy atom. The molecule has 0 saturated carbocycles. The van der Waals surface area contributed by atoms with E-state index in [1.54, 1.807) is 0 Å². The Morgan fingerprint density at radius 3 is 2.59 bits per heavy atom. The van der Waals surface area contributed by atoms with Crippen molar-refractivity contribution in [2.24, 2.45) is 0 Å². The van der Waals surface area contributed by atoms with Crippen LogP contribution in [0.5, 0.6) is 0 Å². The summed E-state index contributed by atoms with van der Waals surface area (Å²) in [5.41, 5.74) is 0. The summed E-state index contributed by atoms with van der Waals surface area (Å²) in [6, 6.07) is 5.79. The van der Waals surface area contributed by atoms with Gasteiger partial charge in [0.15, 0.2) is 11.6 Å². The Morgan fingerprint density at radius 1 is 1.35 bits per heavy atom. The topological polar surface area (TPSA) is 35.8 Å². The van der Waals surface area contributed by atoms with E-state index in [-0.39, 0.29) is 12.1 Å². The largest absolute Gasteiger partial charge is 0.299 e. The molecule has 0 aliphatic carbocycles. The van der Waals surface area contributed by atoms with Crippen LogP contribution in [0.4, 0.5) is 8.78 Å². The van der Waals surface area contributed by atoms with Gasteiger partial charge in [0.2, 0.25) is 0 Å². The summed E-state index contributed by atoms with van der Waals surface area (Å²) in [4.78, 5) is 0.620. The zero-order valence-electron chi connectivity index (χ0n) is 9.71. The van der Waals surface area contributed by atoms with E-state index in [9.17, 15) is 8.78 Å². The predicted octanol–water partition coefficient (Wildman–Crippen LogP) is 2.95. The highest BCUT2D eigenvalue weighted by Gasteiger charge is 2.10. The predicted molar refractivity (Wildman–Crippen MR) is 64.8 cm³/mol. The van der Waals surface area contributed by atoms with Gasteiger partial charge in [0, 0.05) is 16.7 Å². The normalized spacial score (nSPS) is 12.5. The monoisotopic (exact) mass is 256 g/mol. The third-order valence-corrected chi connectivity index (χ3v) is 3.09. The van der Waals surface area contributed by atoms with E-state index in [0.29, 0.717) is 10.6 Å². The molecule has 0 aliphatic heterocycles. The van der Waals surface area contributed by atoms with Crippen molar-refractivity contribution < 1.29 is 8.78 Å². The lowest BCUT2D eigenvalue weighted by Gasteiger charge is -2.13. The van der Waals surface area contributed by atoms with Crippen molar-refractivity contribution in [1.82, 2.24) is 5.32 Å². The molecule has 0 fully saturated rings. The van der Waals surface area contributed by atoms with Gasteiger partial charge in [0.25, 0.3) is 0 Å². The third kappa shape index (κ3) is 4.72. The first kappa shape index (κ1) is 13.9. The van der Waals surface area contributed by atoms with Gasteiger partial charge in [-0.05, 0) is 32.0 Å². The lowest BCUT2D eigenvalue weighted by atomic mass is 10.3. The van der Waals surface area contributed by atoms with Crippen LogP contribution in [-0.2, 0) is 0 Å². The molecule has 0 spiro atoms. The quantitative estimate of drug-likeness (QED) is 0.823. The minimum atomic E-state index is -0.861. The molecule has 0 aliphatic rings. The van der Waals surface area contributed by atoms with Crippen molar-refractivity contribution in [3.8, 4) is 6.07 Å². The van der Waals surface area contributed by atoms with E-state index in [0.717, 1.165) is 12.1 Å². The molecule has 0 heterocycles. The number of hydrogen-bond donors (Lipinski definition) is 1. The van der Waals surface area contributed by atoms with E-state index < -0.39 is 11.6 Å². The van der Waals surface area contributed by atoms with Crippen molar-refractivity contribution >= 4 is 11.8 Å². The molecule has 17 heavy (non-hydrogen) atoms. The first-order valence-corrected chi connectivity index (χ1v) is 6.25. The Kier molecular flexibility index (Phi) is 5.39. The van der Waals surface area contributed by atoms with E-state index in [2.05, 4.69) is 11.4 Å². The highest BCUT2D eigenvalue weighted by Crippen LogP contribution is 2.21. The molecule has 1 N–H and O–H groups in total. The molecule has 1 unspecified atom stereocenters. The molecular weight excluding hydrogens is 242 g/mol. The number of nitrogens with one attached hydrogen (secondary N) is 1. The van der Waals surface area contributed by atoms with Crippen LogP contribution in [0, 0.1) is 23.0 Å². The minimum absolute atomic E-state index is 0.213. The molecular formula is C12H14F2N2S. The Bertz CT molecular complexity index is 415. The Balaban J connectivity index is 2.54. The molecule has 92 valence electrons. The maximum Gasteiger partial charge on any atom is 0.159 e. The Labute approximate surface area is 104 Å². The van der Waals surface area contributed by atoms with Gasteiger partial charge in [-0.15, -0.1) is 11.8 Å². The average Bonchev–Trinajstić information content (AvgIpc) is 2.28. The zero-order chi connectivity index (χ0) is 12.8. The van der Waals surface area contributed by atoms with Crippen LogP contribution in [-0.4, -0.2) is 17.8 Å². The summed E-state index contributed by atoms with van der Waals surface area (Å²) in [7, 11) is 0. The lowest BCUT2D eigenvalue weighted by molar-refractivity contribution is 0.506. The highest BCUT2D eigenvalue weighted by atomic mass is 32.2. The fourth-order valence-electron chi connectivity index (χ4n) is 1.27. The van der Waals surface area contributed by atoms with E-state index >= 15 is 0 Å². The SMILES string of the molecule is CC(C)NC(C#N)CSc1ccc(F)c(F)c1. The van der Waals surface area contributed by atoms with Crippen molar-refractivity contribution in [3.05, 3.63) is 29.8 Å². The number of hydrogen-bond acceptors (Lipinski definition) is 3. The minimum Gasteiger partial charge on any atom is -0.299 e. The summed E-state index contributed by atoms with van der Waals surface area (Å²) in [6.45, 7) is 3.90. The number of nitriles is 1. The van der Waals surface area contributed by atoms with E-state index in [4.69, 9.17) is 5.26 Å². The van der Waals surface area contributed by atoms with Crippen LogP contribution in [0.2, 0.25) is 0 Å². The average molecular weight is 256 g/mol. The van der Waals surface area contributed by atoms with E-state index in [1.807, 2.05) is 13.8 Å². The molecule has 0 aromatic heterocycles. The number of halogens is 2. The highest BCUT2D eigenvalue weighted by molar-refractivity contribution is 7.99. The summed E-state index contributed by atoms with van der Waals surface area (Å²) in [5, 5.41) is 12.0. The summed E-state index contributed by atoms with van der Waals surface area (Å²) in [5.74, 6) is -1.22.